The van der Waals surface area contributed by atoms with Crippen LogP contribution in [0.4, 0.5) is 0 Å². The maximum atomic E-state index is 6.09. The highest BCUT2D eigenvalue weighted by atomic mass is 79.9. The van der Waals surface area contributed by atoms with E-state index in [4.69, 9.17) is 23.7 Å². The van der Waals surface area contributed by atoms with Gasteiger partial charge < -0.3 is 29.0 Å². The highest BCUT2D eigenvalue weighted by Crippen LogP contribution is 2.38. The Morgan fingerprint density at radius 2 is 1.59 bits per heavy atom. The van der Waals surface area contributed by atoms with Gasteiger partial charge in [0, 0.05) is 6.54 Å². The van der Waals surface area contributed by atoms with Gasteiger partial charge in [0.25, 0.3) is 0 Å². The highest BCUT2D eigenvalue weighted by molar-refractivity contribution is 9.10. The van der Waals surface area contributed by atoms with Gasteiger partial charge in [0.1, 0.15) is 25.6 Å². The first-order valence-corrected chi connectivity index (χ1v) is 11.7. The minimum atomic E-state index is 0. The molecule has 0 atom stereocenters. The molecule has 3 aromatic carbocycles. The summed E-state index contributed by atoms with van der Waals surface area (Å²) in [6, 6.07) is 18.1. The predicted molar refractivity (Wildman–Crippen MR) is 138 cm³/mol. The Morgan fingerprint density at radius 3 is 2.32 bits per heavy atom. The molecule has 0 fully saturated rings. The van der Waals surface area contributed by atoms with Gasteiger partial charge in [-0.05, 0) is 82.0 Å². The number of methoxy groups -OCH3 is 2. The molecule has 1 N–H and O–H groups in total. The molecule has 0 unspecified atom stereocenters. The van der Waals surface area contributed by atoms with Crippen LogP contribution in [0.1, 0.15) is 16.7 Å². The molecule has 0 aromatic heterocycles. The first-order chi connectivity index (χ1) is 16.2. The summed E-state index contributed by atoms with van der Waals surface area (Å²) in [5.41, 5.74) is 3.38. The van der Waals surface area contributed by atoms with Gasteiger partial charge in [0.2, 0.25) is 0 Å². The van der Waals surface area contributed by atoms with Crippen molar-refractivity contribution < 1.29 is 23.7 Å². The van der Waals surface area contributed by atoms with E-state index in [0.717, 1.165) is 52.4 Å². The van der Waals surface area contributed by atoms with Crippen molar-refractivity contribution in [3.63, 3.8) is 0 Å². The van der Waals surface area contributed by atoms with Gasteiger partial charge in [-0.2, -0.15) is 0 Å². The van der Waals surface area contributed by atoms with Crippen molar-refractivity contribution in [2.45, 2.75) is 19.6 Å². The van der Waals surface area contributed by atoms with Crippen molar-refractivity contribution in [2.75, 3.05) is 34.0 Å². The Bertz CT molecular complexity index is 1080. The molecular weight excluding hydrogens is 522 g/mol. The van der Waals surface area contributed by atoms with Crippen molar-refractivity contribution in [1.29, 1.82) is 0 Å². The van der Waals surface area contributed by atoms with Gasteiger partial charge in [-0.3, -0.25) is 0 Å². The smallest absolute Gasteiger partial charge is 0.175 e. The molecule has 1 aliphatic heterocycles. The SMILES string of the molecule is COc1ccc(CCNCc2cc(Br)c(OCc3ccc4c(c3)OCCO4)c(OC)c2)cc1.Cl. The van der Waals surface area contributed by atoms with Crippen LogP contribution in [0.15, 0.2) is 59.1 Å². The molecule has 3 aromatic rings. The van der Waals surface area contributed by atoms with E-state index in [1.54, 1.807) is 14.2 Å². The Hall–Kier alpha value is -2.61. The zero-order valence-electron chi connectivity index (χ0n) is 19.3. The zero-order valence-corrected chi connectivity index (χ0v) is 21.7. The summed E-state index contributed by atoms with van der Waals surface area (Å²) in [7, 11) is 3.33. The average molecular weight is 551 g/mol. The number of rotatable bonds is 10. The minimum Gasteiger partial charge on any atom is -0.497 e. The van der Waals surface area contributed by atoms with Gasteiger partial charge in [0.15, 0.2) is 23.0 Å². The van der Waals surface area contributed by atoms with E-state index < -0.39 is 0 Å². The van der Waals surface area contributed by atoms with E-state index in [1.807, 2.05) is 36.4 Å². The Morgan fingerprint density at radius 1 is 0.853 bits per heavy atom. The molecule has 6 nitrogen and oxygen atoms in total. The van der Waals surface area contributed by atoms with Gasteiger partial charge >= 0.3 is 0 Å². The fourth-order valence-electron chi connectivity index (χ4n) is 3.61. The summed E-state index contributed by atoms with van der Waals surface area (Å²) in [5, 5.41) is 3.49. The third kappa shape index (κ3) is 6.72. The molecule has 0 aliphatic carbocycles. The highest BCUT2D eigenvalue weighted by Gasteiger charge is 2.15. The van der Waals surface area contributed by atoms with Crippen molar-refractivity contribution in [3.8, 4) is 28.7 Å². The quantitative estimate of drug-likeness (QED) is 0.333. The van der Waals surface area contributed by atoms with Crippen LogP contribution >= 0.6 is 28.3 Å². The molecule has 0 spiro atoms. The lowest BCUT2D eigenvalue weighted by atomic mass is 10.1. The van der Waals surface area contributed by atoms with Crippen LogP contribution in [-0.4, -0.2) is 34.0 Å². The lowest BCUT2D eigenvalue weighted by molar-refractivity contribution is 0.171. The fraction of sp³-hybridized carbons (Fsp3) is 0.308. The Kier molecular flexibility index (Phi) is 9.74. The third-order valence-corrected chi connectivity index (χ3v) is 5.95. The zero-order chi connectivity index (χ0) is 23.0. The number of halogens is 2. The third-order valence-electron chi connectivity index (χ3n) is 5.36. The minimum absolute atomic E-state index is 0. The second-order valence-electron chi connectivity index (χ2n) is 7.65. The number of fused-ring (bicyclic) bond motifs is 1. The van der Waals surface area contributed by atoms with Gasteiger partial charge in [-0.1, -0.05) is 18.2 Å². The van der Waals surface area contributed by atoms with Crippen molar-refractivity contribution in [2.24, 2.45) is 0 Å². The summed E-state index contributed by atoms with van der Waals surface area (Å²) in [6.07, 6.45) is 0.943. The summed E-state index contributed by atoms with van der Waals surface area (Å²) in [4.78, 5) is 0. The van der Waals surface area contributed by atoms with E-state index in [2.05, 4.69) is 39.4 Å². The topological polar surface area (TPSA) is 58.2 Å². The van der Waals surface area contributed by atoms with E-state index in [0.29, 0.717) is 31.3 Å². The van der Waals surface area contributed by atoms with Gasteiger partial charge in [0.05, 0.1) is 18.7 Å². The van der Waals surface area contributed by atoms with E-state index >= 15 is 0 Å². The van der Waals surface area contributed by atoms with E-state index in [1.165, 1.54) is 5.56 Å². The van der Waals surface area contributed by atoms with Crippen LogP contribution in [0.25, 0.3) is 0 Å². The second kappa shape index (κ2) is 12.7. The van der Waals surface area contributed by atoms with E-state index in [-0.39, 0.29) is 12.4 Å². The maximum Gasteiger partial charge on any atom is 0.175 e. The number of nitrogens with one attached hydrogen (secondary N) is 1. The monoisotopic (exact) mass is 549 g/mol. The molecule has 1 heterocycles. The van der Waals surface area contributed by atoms with Crippen LogP contribution in [0, 0.1) is 0 Å². The normalized spacial score (nSPS) is 12.0. The molecule has 182 valence electrons. The molecule has 0 bridgehead atoms. The largest absolute Gasteiger partial charge is 0.497 e. The Balaban J connectivity index is 0.00000324. The number of hydrogen-bond acceptors (Lipinski definition) is 6. The molecule has 0 radical (unpaired) electrons. The summed E-state index contributed by atoms with van der Waals surface area (Å²) in [5.74, 6) is 3.76. The lowest BCUT2D eigenvalue weighted by Crippen LogP contribution is -2.16. The molecular formula is C26H29BrClNO5. The summed E-state index contributed by atoms with van der Waals surface area (Å²) in [6.45, 7) is 3.13. The van der Waals surface area contributed by atoms with Crippen LogP contribution in [-0.2, 0) is 19.6 Å². The molecule has 4 rings (SSSR count). The van der Waals surface area contributed by atoms with Crippen molar-refractivity contribution in [3.05, 3.63) is 75.8 Å². The van der Waals surface area contributed by atoms with Crippen LogP contribution < -0.4 is 29.0 Å². The molecule has 1 aliphatic rings. The van der Waals surface area contributed by atoms with Crippen LogP contribution in [0.5, 0.6) is 28.7 Å². The van der Waals surface area contributed by atoms with Crippen LogP contribution in [0.3, 0.4) is 0 Å². The lowest BCUT2D eigenvalue weighted by Gasteiger charge is -2.19. The van der Waals surface area contributed by atoms with Crippen LogP contribution in [0.2, 0.25) is 0 Å². The number of ether oxygens (including phenoxy) is 5. The maximum absolute atomic E-state index is 6.09. The average Bonchev–Trinajstić information content (AvgIpc) is 2.86. The van der Waals surface area contributed by atoms with Gasteiger partial charge in [-0.25, -0.2) is 0 Å². The first-order valence-electron chi connectivity index (χ1n) is 10.9. The number of hydrogen-bond donors (Lipinski definition) is 1. The Labute approximate surface area is 215 Å². The molecule has 34 heavy (non-hydrogen) atoms. The summed E-state index contributed by atoms with van der Waals surface area (Å²) >= 11 is 3.64. The molecule has 0 saturated carbocycles. The van der Waals surface area contributed by atoms with E-state index in [9.17, 15) is 0 Å². The second-order valence-corrected chi connectivity index (χ2v) is 8.50. The molecule has 8 heteroatoms. The van der Waals surface area contributed by atoms with Crippen molar-refractivity contribution in [1.82, 2.24) is 5.32 Å². The molecule has 0 amide bonds. The van der Waals surface area contributed by atoms with Crippen molar-refractivity contribution >= 4 is 28.3 Å². The predicted octanol–water partition coefficient (Wildman–Crippen LogP) is 5.57. The van der Waals surface area contributed by atoms with Gasteiger partial charge in [-0.15, -0.1) is 12.4 Å². The standard InChI is InChI=1S/C26H28BrNO5.ClH/c1-29-21-6-3-18(4-7-21)9-10-28-16-20-13-22(27)26(25(15-20)30-2)33-17-19-5-8-23-24(14-19)32-12-11-31-23;/h3-8,13-15,28H,9-12,16-17H2,1-2H3;1H. The number of benzene rings is 3. The summed E-state index contributed by atoms with van der Waals surface area (Å²) < 4.78 is 29.0. The fourth-order valence-corrected chi connectivity index (χ4v) is 4.21. The molecule has 0 saturated heterocycles. The first kappa shape index (κ1) is 26.0.